The first-order chi connectivity index (χ1) is 11.1. The molecule has 1 saturated heterocycles. The average Bonchev–Trinajstić information content (AvgIpc) is 2.50. The number of rotatable bonds is 5. The lowest BCUT2D eigenvalue weighted by molar-refractivity contribution is -0.137. The van der Waals surface area contributed by atoms with Gasteiger partial charge >= 0.3 is 0 Å². The molecule has 24 heavy (non-hydrogen) atoms. The van der Waals surface area contributed by atoms with E-state index in [1.807, 2.05) is 32.0 Å². The van der Waals surface area contributed by atoms with Gasteiger partial charge in [0, 0.05) is 12.5 Å². The minimum Gasteiger partial charge on any atom is -0.335 e. The first-order valence-corrected chi connectivity index (χ1v) is 8.07. The SMILES string of the molecule is CCN(Cc1nc2ccccc2c(=O)[nH]1)C(=O)C(C)C1CNC1.Cl. The number of para-hydroxylation sites is 1. The van der Waals surface area contributed by atoms with Crippen molar-refractivity contribution >= 4 is 29.2 Å². The first kappa shape index (κ1) is 18.4. The molecule has 1 atom stereocenters. The van der Waals surface area contributed by atoms with Crippen molar-refractivity contribution < 1.29 is 4.79 Å². The molecule has 0 spiro atoms. The van der Waals surface area contributed by atoms with Gasteiger partial charge in [0.1, 0.15) is 5.82 Å². The van der Waals surface area contributed by atoms with Crippen LogP contribution in [0, 0.1) is 11.8 Å². The summed E-state index contributed by atoms with van der Waals surface area (Å²) in [6.45, 7) is 6.65. The number of halogens is 1. The molecule has 2 heterocycles. The summed E-state index contributed by atoms with van der Waals surface area (Å²) in [6, 6.07) is 7.23. The fourth-order valence-electron chi connectivity index (χ4n) is 2.89. The zero-order chi connectivity index (χ0) is 16.4. The number of nitrogens with zero attached hydrogens (tertiary/aromatic N) is 2. The maximum Gasteiger partial charge on any atom is 0.258 e. The summed E-state index contributed by atoms with van der Waals surface area (Å²) in [5.74, 6) is 1.04. The van der Waals surface area contributed by atoms with E-state index in [0.717, 1.165) is 13.1 Å². The number of aromatic nitrogens is 2. The van der Waals surface area contributed by atoms with E-state index in [1.165, 1.54) is 0 Å². The molecule has 1 fully saturated rings. The molecule has 0 radical (unpaired) electrons. The van der Waals surface area contributed by atoms with Gasteiger partial charge < -0.3 is 15.2 Å². The third kappa shape index (κ3) is 3.60. The monoisotopic (exact) mass is 350 g/mol. The van der Waals surface area contributed by atoms with Crippen LogP contribution in [0.5, 0.6) is 0 Å². The van der Waals surface area contributed by atoms with Gasteiger partial charge in [0.05, 0.1) is 17.4 Å². The molecular weight excluding hydrogens is 328 g/mol. The lowest BCUT2D eigenvalue weighted by Gasteiger charge is -2.34. The van der Waals surface area contributed by atoms with E-state index in [4.69, 9.17) is 0 Å². The lowest BCUT2D eigenvalue weighted by atomic mass is 9.88. The van der Waals surface area contributed by atoms with Gasteiger partial charge in [0.25, 0.3) is 5.56 Å². The van der Waals surface area contributed by atoms with Crippen LogP contribution >= 0.6 is 12.4 Å². The van der Waals surface area contributed by atoms with Gasteiger partial charge in [-0.05, 0) is 38.1 Å². The van der Waals surface area contributed by atoms with Crippen molar-refractivity contribution in [1.29, 1.82) is 0 Å². The van der Waals surface area contributed by atoms with E-state index in [9.17, 15) is 9.59 Å². The number of aromatic amines is 1. The van der Waals surface area contributed by atoms with Crippen LogP contribution in [0.3, 0.4) is 0 Å². The largest absolute Gasteiger partial charge is 0.335 e. The Morgan fingerprint density at radius 3 is 2.71 bits per heavy atom. The predicted molar refractivity (Wildman–Crippen MR) is 96.2 cm³/mol. The first-order valence-electron chi connectivity index (χ1n) is 8.07. The molecule has 130 valence electrons. The molecule has 2 aromatic rings. The molecule has 1 amide bonds. The standard InChI is InChI=1S/C17H22N4O2.ClH/c1-3-21(17(23)11(2)12-8-18-9-12)10-15-19-14-7-5-4-6-13(14)16(22)20-15;/h4-7,11-12,18H,3,8-10H2,1-2H3,(H,19,20,22);1H. The summed E-state index contributed by atoms with van der Waals surface area (Å²) in [4.78, 5) is 33.8. The number of H-pyrrole nitrogens is 1. The summed E-state index contributed by atoms with van der Waals surface area (Å²) in [6.07, 6.45) is 0. The van der Waals surface area contributed by atoms with Gasteiger partial charge in [-0.1, -0.05) is 19.1 Å². The number of carbonyl (C=O) groups is 1. The van der Waals surface area contributed by atoms with Crippen molar-refractivity contribution in [3.05, 3.63) is 40.4 Å². The maximum atomic E-state index is 12.6. The van der Waals surface area contributed by atoms with Crippen LogP contribution in [0.1, 0.15) is 19.7 Å². The number of nitrogens with one attached hydrogen (secondary N) is 2. The molecule has 3 rings (SSSR count). The van der Waals surface area contributed by atoms with Crippen molar-refractivity contribution in [2.45, 2.75) is 20.4 Å². The van der Waals surface area contributed by atoms with E-state index in [-0.39, 0.29) is 29.8 Å². The number of fused-ring (bicyclic) bond motifs is 1. The van der Waals surface area contributed by atoms with E-state index in [1.54, 1.807) is 11.0 Å². The molecule has 1 aromatic carbocycles. The normalized spacial score (nSPS) is 15.4. The Balaban J connectivity index is 0.00000208. The van der Waals surface area contributed by atoms with Crippen molar-refractivity contribution in [2.24, 2.45) is 11.8 Å². The van der Waals surface area contributed by atoms with Crippen LogP contribution in [0.2, 0.25) is 0 Å². The van der Waals surface area contributed by atoms with E-state index in [2.05, 4.69) is 15.3 Å². The van der Waals surface area contributed by atoms with Crippen molar-refractivity contribution in [3.8, 4) is 0 Å². The summed E-state index contributed by atoms with van der Waals surface area (Å²) in [5, 5.41) is 3.77. The van der Waals surface area contributed by atoms with Gasteiger partial charge in [0.2, 0.25) is 5.91 Å². The van der Waals surface area contributed by atoms with Gasteiger partial charge in [-0.25, -0.2) is 4.98 Å². The third-order valence-electron chi connectivity index (χ3n) is 4.61. The average molecular weight is 351 g/mol. The lowest BCUT2D eigenvalue weighted by Crippen LogP contribution is -2.50. The molecule has 1 aliphatic rings. The molecule has 2 N–H and O–H groups in total. The van der Waals surface area contributed by atoms with Crippen LogP contribution in [0.25, 0.3) is 10.9 Å². The van der Waals surface area contributed by atoms with Crippen molar-refractivity contribution in [2.75, 3.05) is 19.6 Å². The Labute approximate surface area is 147 Å². The topological polar surface area (TPSA) is 78.1 Å². The number of hydrogen-bond donors (Lipinski definition) is 2. The Morgan fingerprint density at radius 1 is 1.38 bits per heavy atom. The Morgan fingerprint density at radius 2 is 2.08 bits per heavy atom. The van der Waals surface area contributed by atoms with Crippen LogP contribution in [-0.2, 0) is 11.3 Å². The second kappa shape index (κ2) is 7.77. The van der Waals surface area contributed by atoms with E-state index in [0.29, 0.717) is 35.7 Å². The molecule has 1 unspecified atom stereocenters. The number of carbonyl (C=O) groups excluding carboxylic acids is 1. The smallest absolute Gasteiger partial charge is 0.258 e. The van der Waals surface area contributed by atoms with E-state index < -0.39 is 0 Å². The highest BCUT2D eigenvalue weighted by Gasteiger charge is 2.31. The van der Waals surface area contributed by atoms with Crippen LogP contribution in [-0.4, -0.2) is 40.4 Å². The zero-order valence-corrected chi connectivity index (χ0v) is 14.7. The highest BCUT2D eigenvalue weighted by Crippen LogP contribution is 2.19. The van der Waals surface area contributed by atoms with Gasteiger partial charge in [0.15, 0.2) is 0 Å². The number of hydrogen-bond acceptors (Lipinski definition) is 4. The molecular formula is C17H23ClN4O2. The molecule has 1 aromatic heterocycles. The molecule has 6 nitrogen and oxygen atoms in total. The van der Waals surface area contributed by atoms with E-state index >= 15 is 0 Å². The van der Waals surface area contributed by atoms with Gasteiger partial charge in [-0.2, -0.15) is 0 Å². The highest BCUT2D eigenvalue weighted by molar-refractivity contribution is 5.85. The third-order valence-corrected chi connectivity index (χ3v) is 4.61. The molecule has 1 aliphatic heterocycles. The predicted octanol–water partition coefficient (Wildman–Crippen LogP) is 1.55. The molecule has 7 heteroatoms. The van der Waals surface area contributed by atoms with Crippen LogP contribution < -0.4 is 10.9 Å². The minimum absolute atomic E-state index is 0. The molecule has 0 saturated carbocycles. The summed E-state index contributed by atoms with van der Waals surface area (Å²) < 4.78 is 0. The Hall–Kier alpha value is -1.92. The molecule has 0 bridgehead atoms. The zero-order valence-electron chi connectivity index (χ0n) is 13.9. The van der Waals surface area contributed by atoms with Crippen LogP contribution in [0.15, 0.2) is 29.1 Å². The summed E-state index contributed by atoms with van der Waals surface area (Å²) in [7, 11) is 0. The minimum atomic E-state index is -0.162. The molecule has 0 aliphatic carbocycles. The fraction of sp³-hybridized carbons (Fsp3) is 0.471. The maximum absolute atomic E-state index is 12.6. The Bertz CT molecular complexity index is 773. The van der Waals surface area contributed by atoms with Crippen LogP contribution in [0.4, 0.5) is 0 Å². The van der Waals surface area contributed by atoms with Crippen molar-refractivity contribution in [3.63, 3.8) is 0 Å². The van der Waals surface area contributed by atoms with Crippen molar-refractivity contribution in [1.82, 2.24) is 20.2 Å². The second-order valence-corrected chi connectivity index (χ2v) is 6.09. The van der Waals surface area contributed by atoms with Gasteiger partial charge in [-0.3, -0.25) is 9.59 Å². The quantitative estimate of drug-likeness (QED) is 0.857. The number of benzene rings is 1. The Kier molecular flexibility index (Phi) is 5.96. The number of amides is 1. The highest BCUT2D eigenvalue weighted by atomic mass is 35.5. The second-order valence-electron chi connectivity index (χ2n) is 6.09. The fourth-order valence-corrected chi connectivity index (χ4v) is 2.89. The van der Waals surface area contributed by atoms with Gasteiger partial charge in [-0.15, -0.1) is 12.4 Å². The summed E-state index contributed by atoms with van der Waals surface area (Å²) >= 11 is 0. The summed E-state index contributed by atoms with van der Waals surface area (Å²) in [5.41, 5.74) is 0.497.